The average Bonchev–Trinajstić information content (AvgIpc) is 3.00. The van der Waals surface area contributed by atoms with Crippen LogP contribution in [0.1, 0.15) is 25.2 Å². The highest BCUT2D eigenvalue weighted by atomic mass is 15.1. The van der Waals surface area contributed by atoms with Gasteiger partial charge in [-0.2, -0.15) is 0 Å². The smallest absolute Gasteiger partial charge is 0.126 e. The van der Waals surface area contributed by atoms with Crippen LogP contribution in [0.3, 0.4) is 0 Å². The number of nitrogens with two attached hydrogens (primary N) is 1. The minimum Gasteiger partial charge on any atom is -0.333 e. The van der Waals surface area contributed by atoms with Gasteiger partial charge in [-0.15, -0.1) is 0 Å². The Morgan fingerprint density at radius 2 is 1.61 bits per heavy atom. The number of fused-ring (bicyclic) bond motifs is 1. The normalized spacial score (nSPS) is 20.3. The van der Waals surface area contributed by atoms with E-state index in [1.54, 1.807) is 0 Å². The Bertz CT molecular complexity index is 803. The van der Waals surface area contributed by atoms with Gasteiger partial charge in [-0.3, -0.25) is 0 Å². The van der Waals surface area contributed by atoms with Gasteiger partial charge in [-0.25, -0.2) is 4.98 Å². The largest absolute Gasteiger partial charge is 0.333 e. The third kappa shape index (κ3) is 2.68. The second-order valence-electron chi connectivity index (χ2n) is 6.53. The van der Waals surface area contributed by atoms with Crippen LogP contribution in [0.5, 0.6) is 0 Å². The van der Waals surface area contributed by atoms with E-state index in [1.165, 1.54) is 11.1 Å². The molecule has 2 unspecified atom stereocenters. The summed E-state index contributed by atoms with van der Waals surface area (Å²) in [5.74, 6) is 1.63. The first kappa shape index (κ1) is 14.2. The quantitative estimate of drug-likeness (QED) is 0.769. The van der Waals surface area contributed by atoms with Crippen LogP contribution in [0.2, 0.25) is 0 Å². The van der Waals surface area contributed by atoms with Gasteiger partial charge in [0.05, 0.1) is 11.7 Å². The molecule has 1 aliphatic rings. The van der Waals surface area contributed by atoms with E-state index in [0.29, 0.717) is 5.92 Å². The first-order valence-corrected chi connectivity index (χ1v) is 8.19. The molecule has 0 amide bonds. The van der Waals surface area contributed by atoms with Crippen LogP contribution in [-0.2, 0) is 6.54 Å². The molecule has 2 atom stereocenters. The average molecular weight is 303 g/mol. The van der Waals surface area contributed by atoms with Crippen molar-refractivity contribution in [2.45, 2.75) is 25.9 Å². The standard InChI is InChI=1S/C20H21N3/c1-14-11-18(21)20-22-19(13-23(20)12-14)17-9-7-16(8-10-17)15-5-3-2-4-6-15/h2-10,13-14,18H,11-12,21H2,1H3. The maximum Gasteiger partial charge on any atom is 0.126 e. The molecule has 2 heterocycles. The van der Waals surface area contributed by atoms with E-state index in [9.17, 15) is 0 Å². The van der Waals surface area contributed by atoms with Crippen LogP contribution < -0.4 is 5.73 Å². The van der Waals surface area contributed by atoms with Gasteiger partial charge in [0.2, 0.25) is 0 Å². The first-order valence-electron chi connectivity index (χ1n) is 8.19. The molecule has 3 aromatic rings. The summed E-state index contributed by atoms with van der Waals surface area (Å²) in [6, 6.07) is 19.1. The van der Waals surface area contributed by atoms with Crippen molar-refractivity contribution >= 4 is 0 Å². The van der Waals surface area contributed by atoms with E-state index in [1.807, 2.05) is 6.07 Å². The Balaban J connectivity index is 1.66. The summed E-state index contributed by atoms with van der Waals surface area (Å²) in [6.45, 7) is 3.26. The number of aromatic nitrogens is 2. The monoisotopic (exact) mass is 303 g/mol. The van der Waals surface area contributed by atoms with Crippen LogP contribution in [0, 0.1) is 5.92 Å². The number of benzene rings is 2. The number of hydrogen-bond donors (Lipinski definition) is 1. The Morgan fingerprint density at radius 1 is 0.957 bits per heavy atom. The SMILES string of the molecule is CC1CC(N)c2nc(-c3ccc(-c4ccccc4)cc3)cn2C1. The fourth-order valence-electron chi connectivity index (χ4n) is 3.42. The predicted octanol–water partition coefficient (Wildman–Crippen LogP) is 4.26. The van der Waals surface area contributed by atoms with E-state index >= 15 is 0 Å². The Kier molecular flexibility index (Phi) is 3.50. The molecule has 0 fully saturated rings. The third-order valence-corrected chi connectivity index (χ3v) is 4.59. The highest BCUT2D eigenvalue weighted by molar-refractivity contribution is 5.68. The number of nitrogens with zero attached hydrogens (tertiary/aromatic N) is 2. The number of imidazole rings is 1. The first-order chi connectivity index (χ1) is 11.2. The topological polar surface area (TPSA) is 43.8 Å². The molecular formula is C20H21N3. The molecule has 1 aromatic heterocycles. The molecule has 116 valence electrons. The van der Waals surface area contributed by atoms with E-state index in [4.69, 9.17) is 10.7 Å². The lowest BCUT2D eigenvalue weighted by Gasteiger charge is -2.25. The van der Waals surface area contributed by atoms with Crippen molar-refractivity contribution in [1.29, 1.82) is 0 Å². The molecule has 0 spiro atoms. The lowest BCUT2D eigenvalue weighted by Crippen LogP contribution is -2.26. The lowest BCUT2D eigenvalue weighted by atomic mass is 9.98. The summed E-state index contributed by atoms with van der Waals surface area (Å²) in [7, 11) is 0. The second kappa shape index (κ2) is 5.67. The van der Waals surface area contributed by atoms with Crippen LogP contribution in [0.4, 0.5) is 0 Å². The highest BCUT2D eigenvalue weighted by Crippen LogP contribution is 2.30. The zero-order valence-electron chi connectivity index (χ0n) is 13.3. The molecule has 0 saturated carbocycles. The summed E-state index contributed by atoms with van der Waals surface area (Å²) in [5.41, 5.74) is 10.9. The van der Waals surface area contributed by atoms with E-state index in [0.717, 1.165) is 30.0 Å². The molecule has 23 heavy (non-hydrogen) atoms. The molecule has 0 radical (unpaired) electrons. The molecule has 0 saturated heterocycles. The van der Waals surface area contributed by atoms with Gasteiger partial charge in [0.25, 0.3) is 0 Å². The van der Waals surface area contributed by atoms with Crippen LogP contribution in [-0.4, -0.2) is 9.55 Å². The third-order valence-electron chi connectivity index (χ3n) is 4.59. The van der Waals surface area contributed by atoms with Gasteiger partial charge in [0.1, 0.15) is 5.82 Å². The Morgan fingerprint density at radius 3 is 2.35 bits per heavy atom. The fourth-order valence-corrected chi connectivity index (χ4v) is 3.42. The fraction of sp³-hybridized carbons (Fsp3) is 0.250. The highest BCUT2D eigenvalue weighted by Gasteiger charge is 2.24. The molecule has 1 aliphatic heterocycles. The summed E-state index contributed by atoms with van der Waals surface area (Å²) < 4.78 is 2.22. The van der Waals surface area contributed by atoms with Gasteiger partial charge in [0, 0.05) is 18.3 Å². The van der Waals surface area contributed by atoms with Crippen molar-refractivity contribution in [3.8, 4) is 22.4 Å². The van der Waals surface area contributed by atoms with Crippen molar-refractivity contribution in [3.05, 3.63) is 66.6 Å². The van der Waals surface area contributed by atoms with Crippen molar-refractivity contribution in [2.24, 2.45) is 11.7 Å². The summed E-state index contributed by atoms with van der Waals surface area (Å²) >= 11 is 0. The minimum atomic E-state index is 0.0519. The van der Waals surface area contributed by atoms with Gasteiger partial charge in [-0.05, 0) is 23.5 Å². The summed E-state index contributed by atoms with van der Waals surface area (Å²) in [5, 5.41) is 0. The number of rotatable bonds is 2. The van der Waals surface area contributed by atoms with E-state index < -0.39 is 0 Å². The maximum absolute atomic E-state index is 6.24. The second-order valence-corrected chi connectivity index (χ2v) is 6.53. The van der Waals surface area contributed by atoms with Gasteiger partial charge < -0.3 is 10.3 Å². The predicted molar refractivity (Wildman–Crippen MR) is 93.8 cm³/mol. The van der Waals surface area contributed by atoms with Crippen molar-refractivity contribution in [2.75, 3.05) is 0 Å². The molecule has 2 N–H and O–H groups in total. The minimum absolute atomic E-state index is 0.0519. The molecule has 4 rings (SSSR count). The lowest BCUT2D eigenvalue weighted by molar-refractivity contribution is 0.346. The molecular weight excluding hydrogens is 282 g/mol. The Hall–Kier alpha value is -2.39. The van der Waals surface area contributed by atoms with Crippen molar-refractivity contribution in [1.82, 2.24) is 9.55 Å². The van der Waals surface area contributed by atoms with Crippen LogP contribution in [0.25, 0.3) is 22.4 Å². The Labute approximate surface area is 136 Å². The number of hydrogen-bond acceptors (Lipinski definition) is 2. The molecule has 3 nitrogen and oxygen atoms in total. The van der Waals surface area contributed by atoms with Gasteiger partial charge >= 0.3 is 0 Å². The zero-order valence-corrected chi connectivity index (χ0v) is 13.3. The molecule has 0 aliphatic carbocycles. The van der Waals surface area contributed by atoms with Crippen LogP contribution in [0.15, 0.2) is 60.8 Å². The van der Waals surface area contributed by atoms with Crippen LogP contribution >= 0.6 is 0 Å². The van der Waals surface area contributed by atoms with E-state index in [-0.39, 0.29) is 6.04 Å². The van der Waals surface area contributed by atoms with Crippen molar-refractivity contribution < 1.29 is 0 Å². The summed E-state index contributed by atoms with van der Waals surface area (Å²) in [4.78, 5) is 4.78. The molecule has 3 heteroatoms. The van der Waals surface area contributed by atoms with Gasteiger partial charge in [-0.1, -0.05) is 61.5 Å². The zero-order chi connectivity index (χ0) is 15.8. The molecule has 0 bridgehead atoms. The van der Waals surface area contributed by atoms with Gasteiger partial charge in [0.15, 0.2) is 0 Å². The van der Waals surface area contributed by atoms with E-state index in [2.05, 4.69) is 66.2 Å². The molecule has 2 aromatic carbocycles. The maximum atomic E-state index is 6.24. The summed E-state index contributed by atoms with van der Waals surface area (Å²) in [6.07, 6.45) is 3.16. The van der Waals surface area contributed by atoms with Crippen molar-refractivity contribution in [3.63, 3.8) is 0 Å².